The summed E-state index contributed by atoms with van der Waals surface area (Å²) in [5, 5.41) is 14.0. The molecule has 0 saturated heterocycles. The van der Waals surface area contributed by atoms with Gasteiger partial charge in [-0.3, -0.25) is 0 Å². The van der Waals surface area contributed by atoms with Gasteiger partial charge in [-0.15, -0.1) is 0 Å². The average Bonchev–Trinajstić information content (AvgIpc) is 2.92. The van der Waals surface area contributed by atoms with Gasteiger partial charge in [-0.2, -0.15) is 0 Å². The summed E-state index contributed by atoms with van der Waals surface area (Å²) in [5.74, 6) is 1.60. The highest BCUT2D eigenvalue weighted by Crippen LogP contribution is 2.28. The minimum Gasteiger partial charge on any atom is -0.497 e. The lowest BCUT2D eigenvalue weighted by atomic mass is 10.00. The van der Waals surface area contributed by atoms with Crippen molar-refractivity contribution in [1.29, 1.82) is 0 Å². The summed E-state index contributed by atoms with van der Waals surface area (Å²) >= 11 is 11.0. The van der Waals surface area contributed by atoms with E-state index in [-0.39, 0.29) is 0 Å². The second kappa shape index (κ2) is 12.4. The highest BCUT2D eigenvalue weighted by Gasteiger charge is 2.08. The highest BCUT2D eigenvalue weighted by atomic mass is 32.1. The Labute approximate surface area is 234 Å². The van der Waals surface area contributed by atoms with E-state index in [1.54, 1.807) is 14.2 Å². The first-order valence-corrected chi connectivity index (χ1v) is 12.8. The monoisotopic (exact) mass is 542 g/mol. The van der Waals surface area contributed by atoms with Gasteiger partial charge in [-0.25, -0.2) is 0 Å². The van der Waals surface area contributed by atoms with Crippen LogP contribution in [0, 0.1) is 13.8 Å². The lowest BCUT2D eigenvalue weighted by Gasteiger charge is -2.15. The Morgan fingerprint density at radius 3 is 1.21 bits per heavy atom. The third-order valence-corrected chi connectivity index (χ3v) is 6.39. The zero-order valence-electron chi connectivity index (χ0n) is 21.7. The standard InChI is InChI=1S/C30H30N4O2S2/c1-19-17-21(5-15-27(19)33-29(37)31-23-7-11-25(35-3)12-8-23)22-6-16-28(20(2)18-22)34-30(38)32-24-9-13-26(36-4)14-10-24/h5-18H,1-4H3,(H2,31,33,37)(H2,32,34,38). The highest BCUT2D eigenvalue weighted by molar-refractivity contribution is 7.81. The average molecular weight is 543 g/mol. The van der Waals surface area contributed by atoms with E-state index in [1.165, 1.54) is 0 Å². The number of thiocarbonyl (C=S) groups is 2. The number of methoxy groups -OCH3 is 2. The number of ether oxygens (including phenoxy) is 2. The Morgan fingerprint density at radius 2 is 0.895 bits per heavy atom. The van der Waals surface area contributed by atoms with E-state index >= 15 is 0 Å². The van der Waals surface area contributed by atoms with Crippen LogP contribution in [-0.4, -0.2) is 24.4 Å². The molecular formula is C30H30N4O2S2. The molecule has 4 aromatic carbocycles. The molecule has 0 saturated carbocycles. The van der Waals surface area contributed by atoms with Crippen molar-refractivity contribution in [2.75, 3.05) is 35.5 Å². The quantitative estimate of drug-likeness (QED) is 0.178. The number of rotatable bonds is 7. The van der Waals surface area contributed by atoms with Crippen molar-refractivity contribution >= 4 is 57.4 Å². The number of aryl methyl sites for hydroxylation is 2. The van der Waals surface area contributed by atoms with Crippen molar-refractivity contribution in [3.63, 3.8) is 0 Å². The Balaban J connectivity index is 1.38. The topological polar surface area (TPSA) is 66.6 Å². The van der Waals surface area contributed by atoms with Gasteiger partial charge in [0.1, 0.15) is 11.5 Å². The second-order valence-electron chi connectivity index (χ2n) is 8.67. The van der Waals surface area contributed by atoms with Crippen LogP contribution in [0.25, 0.3) is 11.1 Å². The van der Waals surface area contributed by atoms with Crippen LogP contribution in [0.3, 0.4) is 0 Å². The molecule has 0 aliphatic carbocycles. The molecule has 0 aromatic heterocycles. The minimum atomic E-state index is 0.525. The summed E-state index contributed by atoms with van der Waals surface area (Å²) in [4.78, 5) is 0. The van der Waals surface area contributed by atoms with Gasteiger partial charge in [0, 0.05) is 22.7 Å². The van der Waals surface area contributed by atoms with Gasteiger partial charge in [0.05, 0.1) is 14.2 Å². The first-order valence-electron chi connectivity index (χ1n) is 12.0. The van der Waals surface area contributed by atoms with E-state index < -0.39 is 0 Å². The van der Waals surface area contributed by atoms with Crippen LogP contribution in [0.5, 0.6) is 11.5 Å². The molecule has 0 radical (unpaired) electrons. The summed E-state index contributed by atoms with van der Waals surface area (Å²) in [6.45, 7) is 4.13. The Hall–Kier alpha value is -4.14. The summed E-state index contributed by atoms with van der Waals surface area (Å²) < 4.78 is 10.4. The Bertz CT molecular complexity index is 1330. The van der Waals surface area contributed by atoms with Crippen LogP contribution in [0.2, 0.25) is 0 Å². The predicted molar refractivity (Wildman–Crippen MR) is 167 cm³/mol. The lowest BCUT2D eigenvalue weighted by Crippen LogP contribution is -2.19. The normalized spacial score (nSPS) is 10.3. The Morgan fingerprint density at radius 1 is 0.526 bits per heavy atom. The molecule has 4 N–H and O–H groups in total. The maximum atomic E-state index is 5.50. The lowest BCUT2D eigenvalue weighted by molar-refractivity contribution is 0.415. The van der Waals surface area contributed by atoms with Crippen LogP contribution >= 0.6 is 24.4 Å². The van der Waals surface area contributed by atoms with Crippen LogP contribution < -0.4 is 30.7 Å². The molecule has 6 nitrogen and oxygen atoms in total. The van der Waals surface area contributed by atoms with E-state index in [9.17, 15) is 0 Å². The number of anilines is 4. The molecule has 194 valence electrons. The van der Waals surface area contributed by atoms with Crippen LogP contribution in [0.15, 0.2) is 84.9 Å². The molecule has 0 heterocycles. The molecule has 0 unspecified atom stereocenters. The zero-order valence-corrected chi connectivity index (χ0v) is 23.3. The molecular weight excluding hydrogens is 512 g/mol. The van der Waals surface area contributed by atoms with Gasteiger partial charge < -0.3 is 30.7 Å². The fraction of sp³-hybridized carbons (Fsp3) is 0.133. The van der Waals surface area contributed by atoms with Crippen molar-refractivity contribution in [2.45, 2.75) is 13.8 Å². The fourth-order valence-electron chi connectivity index (χ4n) is 3.88. The number of hydrogen-bond donors (Lipinski definition) is 4. The first kappa shape index (κ1) is 26.9. The molecule has 8 heteroatoms. The van der Waals surface area contributed by atoms with E-state index in [0.29, 0.717) is 10.2 Å². The summed E-state index contributed by atoms with van der Waals surface area (Å²) in [6, 6.07) is 27.8. The van der Waals surface area contributed by atoms with Gasteiger partial charge in [0.25, 0.3) is 0 Å². The van der Waals surface area contributed by atoms with Gasteiger partial charge in [-0.1, -0.05) is 12.1 Å². The van der Waals surface area contributed by atoms with Crippen LogP contribution in [0.4, 0.5) is 22.7 Å². The predicted octanol–water partition coefficient (Wildman–Crippen LogP) is 7.61. The largest absolute Gasteiger partial charge is 0.497 e. The summed E-state index contributed by atoms with van der Waals surface area (Å²) in [6.07, 6.45) is 0. The number of nitrogens with one attached hydrogen (secondary N) is 4. The third kappa shape index (κ3) is 7.00. The van der Waals surface area contributed by atoms with Crippen molar-refractivity contribution in [2.24, 2.45) is 0 Å². The van der Waals surface area contributed by atoms with Crippen molar-refractivity contribution in [3.8, 4) is 22.6 Å². The molecule has 0 amide bonds. The molecule has 0 fully saturated rings. The van der Waals surface area contributed by atoms with E-state index in [0.717, 1.165) is 56.5 Å². The molecule has 0 aliphatic rings. The molecule has 4 rings (SSSR count). The SMILES string of the molecule is COc1ccc(NC(=S)Nc2ccc(-c3ccc(NC(=S)Nc4ccc(OC)cc4)c(C)c3)cc2C)cc1. The van der Waals surface area contributed by atoms with Gasteiger partial charge in [0.15, 0.2) is 10.2 Å². The van der Waals surface area contributed by atoms with Crippen LogP contribution in [0.1, 0.15) is 11.1 Å². The molecule has 0 bridgehead atoms. The van der Waals surface area contributed by atoms with E-state index in [2.05, 4.69) is 59.4 Å². The fourth-order valence-corrected chi connectivity index (χ4v) is 4.34. The van der Waals surface area contributed by atoms with Gasteiger partial charge in [0.2, 0.25) is 0 Å². The molecule has 38 heavy (non-hydrogen) atoms. The van der Waals surface area contributed by atoms with E-state index in [4.69, 9.17) is 33.9 Å². The summed E-state index contributed by atoms with van der Waals surface area (Å²) in [7, 11) is 3.29. The third-order valence-electron chi connectivity index (χ3n) is 5.98. The van der Waals surface area contributed by atoms with Crippen molar-refractivity contribution in [1.82, 2.24) is 0 Å². The molecule has 0 atom stereocenters. The molecule has 0 spiro atoms. The number of benzene rings is 4. The van der Waals surface area contributed by atoms with Crippen molar-refractivity contribution < 1.29 is 9.47 Å². The van der Waals surface area contributed by atoms with Crippen molar-refractivity contribution in [3.05, 3.63) is 96.1 Å². The van der Waals surface area contributed by atoms with E-state index in [1.807, 2.05) is 60.7 Å². The summed E-state index contributed by atoms with van der Waals surface area (Å²) in [5.41, 5.74) is 8.10. The minimum absolute atomic E-state index is 0.525. The maximum Gasteiger partial charge on any atom is 0.175 e. The van der Waals surface area contributed by atoms with Gasteiger partial charge >= 0.3 is 0 Å². The first-order chi connectivity index (χ1) is 18.3. The maximum absolute atomic E-state index is 5.50. The van der Waals surface area contributed by atoms with Crippen LogP contribution in [-0.2, 0) is 0 Å². The Kier molecular flexibility index (Phi) is 8.78. The smallest absolute Gasteiger partial charge is 0.175 e. The second-order valence-corrected chi connectivity index (χ2v) is 9.49. The van der Waals surface area contributed by atoms with Gasteiger partial charge in [-0.05, 0) is 133 Å². The number of hydrogen-bond acceptors (Lipinski definition) is 4. The molecule has 4 aromatic rings. The zero-order chi connectivity index (χ0) is 27.1. The molecule has 0 aliphatic heterocycles.